The molecule has 8 heteroatoms. The summed E-state index contributed by atoms with van der Waals surface area (Å²) >= 11 is 1.13. The van der Waals surface area contributed by atoms with Crippen molar-refractivity contribution in [3.8, 4) is 0 Å². The predicted molar refractivity (Wildman–Crippen MR) is 66.2 cm³/mol. The van der Waals surface area contributed by atoms with E-state index in [0.717, 1.165) is 11.8 Å². The zero-order valence-electron chi connectivity index (χ0n) is 9.43. The molecule has 0 rings (SSSR count). The molecule has 0 radical (unpaired) electrons. The lowest BCUT2D eigenvalue weighted by Crippen LogP contribution is -2.41. The molecule has 0 fully saturated rings. The van der Waals surface area contributed by atoms with Gasteiger partial charge in [0.15, 0.2) is 0 Å². The fourth-order valence-corrected chi connectivity index (χ4v) is 2.00. The molecule has 0 aromatic heterocycles. The second-order valence-corrected chi connectivity index (χ2v) is 4.55. The van der Waals surface area contributed by atoms with Crippen LogP contribution >= 0.6 is 11.8 Å². The number of hydrogen-bond donors (Lipinski definition) is 4. The van der Waals surface area contributed by atoms with E-state index in [9.17, 15) is 14.4 Å². The normalized spacial score (nSPS) is 13.8. The van der Waals surface area contributed by atoms with Crippen LogP contribution in [0.1, 0.15) is 6.42 Å². The second kappa shape index (κ2) is 8.97. The van der Waals surface area contributed by atoms with Crippen LogP contribution in [-0.2, 0) is 14.4 Å². The topological polar surface area (TPSA) is 141 Å². The van der Waals surface area contributed by atoms with Gasteiger partial charge in [0, 0.05) is 25.3 Å². The molecular formula is C9H18N4O3S. The van der Waals surface area contributed by atoms with Gasteiger partial charge in [-0.1, -0.05) is 0 Å². The summed E-state index contributed by atoms with van der Waals surface area (Å²) in [6, 6.07) is -0.823. The van der Waals surface area contributed by atoms with Crippen molar-refractivity contribution in [2.45, 2.75) is 17.7 Å². The fourth-order valence-electron chi connectivity index (χ4n) is 0.949. The molecule has 0 aromatic carbocycles. The van der Waals surface area contributed by atoms with Gasteiger partial charge in [-0.3, -0.25) is 9.59 Å². The van der Waals surface area contributed by atoms with E-state index in [4.69, 9.17) is 17.2 Å². The number of nitrogens with one attached hydrogen (secondary N) is 1. The molecular weight excluding hydrogens is 244 g/mol. The molecule has 0 spiro atoms. The van der Waals surface area contributed by atoms with Crippen molar-refractivity contribution in [1.29, 1.82) is 0 Å². The third kappa shape index (κ3) is 6.93. The number of nitrogens with two attached hydrogens (primary N) is 3. The maximum Gasteiger partial charge on any atom is 0.235 e. The lowest BCUT2D eigenvalue weighted by Gasteiger charge is -2.15. The van der Waals surface area contributed by atoms with Crippen LogP contribution in [0.3, 0.4) is 0 Å². The summed E-state index contributed by atoms with van der Waals surface area (Å²) in [5.74, 6) is -0.724. The summed E-state index contributed by atoms with van der Waals surface area (Å²) in [5, 5.41) is 2.00. The van der Waals surface area contributed by atoms with Gasteiger partial charge in [-0.05, 0) is 0 Å². The first-order valence-corrected chi connectivity index (χ1v) is 6.15. The highest BCUT2D eigenvalue weighted by atomic mass is 32.2. The van der Waals surface area contributed by atoms with Gasteiger partial charge >= 0.3 is 0 Å². The second-order valence-electron chi connectivity index (χ2n) is 3.31. The summed E-state index contributed by atoms with van der Waals surface area (Å²) in [4.78, 5) is 32.7. The minimum Gasteiger partial charge on any atom is -0.368 e. The van der Waals surface area contributed by atoms with E-state index in [0.29, 0.717) is 19.4 Å². The maximum absolute atomic E-state index is 11.6. The SMILES string of the molecule is NCCNC(=O)C(CC=O)SC[C@@H](N)C(N)=O. The van der Waals surface area contributed by atoms with E-state index in [1.54, 1.807) is 0 Å². The Morgan fingerprint density at radius 3 is 2.53 bits per heavy atom. The average Bonchev–Trinajstić information content (AvgIpc) is 2.30. The van der Waals surface area contributed by atoms with Crippen molar-refractivity contribution in [2.24, 2.45) is 17.2 Å². The molecule has 0 aliphatic heterocycles. The van der Waals surface area contributed by atoms with Gasteiger partial charge in [0.05, 0.1) is 11.3 Å². The van der Waals surface area contributed by atoms with Crippen molar-refractivity contribution < 1.29 is 14.4 Å². The Morgan fingerprint density at radius 2 is 2.06 bits per heavy atom. The van der Waals surface area contributed by atoms with Gasteiger partial charge in [-0.2, -0.15) is 0 Å². The van der Waals surface area contributed by atoms with Crippen LogP contribution in [0.5, 0.6) is 0 Å². The molecule has 2 amide bonds. The minimum absolute atomic E-state index is 0.0621. The van der Waals surface area contributed by atoms with Gasteiger partial charge in [0.25, 0.3) is 0 Å². The minimum atomic E-state index is -0.823. The molecule has 7 nitrogen and oxygen atoms in total. The van der Waals surface area contributed by atoms with Gasteiger partial charge in [0.2, 0.25) is 11.8 Å². The smallest absolute Gasteiger partial charge is 0.235 e. The first kappa shape index (κ1) is 15.9. The Labute approximate surface area is 104 Å². The summed E-state index contributed by atoms with van der Waals surface area (Å²) in [7, 11) is 0. The maximum atomic E-state index is 11.6. The van der Waals surface area contributed by atoms with Crippen molar-refractivity contribution in [3.63, 3.8) is 0 Å². The highest BCUT2D eigenvalue weighted by Gasteiger charge is 2.20. The molecule has 2 atom stereocenters. The van der Waals surface area contributed by atoms with E-state index in [1.165, 1.54) is 0 Å². The van der Waals surface area contributed by atoms with Crippen LogP contribution < -0.4 is 22.5 Å². The monoisotopic (exact) mass is 262 g/mol. The van der Waals surface area contributed by atoms with Crippen molar-refractivity contribution in [3.05, 3.63) is 0 Å². The Hall–Kier alpha value is -1.12. The first-order chi connectivity index (χ1) is 8.02. The zero-order valence-corrected chi connectivity index (χ0v) is 10.2. The van der Waals surface area contributed by atoms with E-state index >= 15 is 0 Å². The number of hydrogen-bond acceptors (Lipinski definition) is 6. The highest BCUT2D eigenvalue weighted by molar-refractivity contribution is 8.00. The number of aldehydes is 1. The summed E-state index contributed by atoms with van der Waals surface area (Å²) in [5.41, 5.74) is 15.7. The van der Waals surface area contributed by atoms with Crippen LogP contribution in [0.4, 0.5) is 0 Å². The number of thioether (sulfide) groups is 1. The van der Waals surface area contributed by atoms with Crippen LogP contribution in [0.2, 0.25) is 0 Å². The van der Waals surface area contributed by atoms with Gasteiger partial charge in [-0.25, -0.2) is 0 Å². The lowest BCUT2D eigenvalue weighted by atomic mass is 10.3. The third-order valence-electron chi connectivity index (χ3n) is 1.89. The first-order valence-electron chi connectivity index (χ1n) is 5.10. The Bertz CT molecular complexity index is 275. The number of rotatable bonds is 9. The molecule has 0 aliphatic carbocycles. The number of carbonyl (C=O) groups is 3. The van der Waals surface area contributed by atoms with E-state index < -0.39 is 17.2 Å². The fraction of sp³-hybridized carbons (Fsp3) is 0.667. The Balaban J connectivity index is 4.18. The number of carbonyl (C=O) groups excluding carboxylic acids is 3. The lowest BCUT2D eigenvalue weighted by molar-refractivity contribution is -0.122. The van der Waals surface area contributed by atoms with Crippen LogP contribution in [0.15, 0.2) is 0 Å². The van der Waals surface area contributed by atoms with Crippen molar-refractivity contribution in [1.82, 2.24) is 5.32 Å². The molecule has 0 aliphatic rings. The molecule has 0 heterocycles. The summed E-state index contributed by atoms with van der Waals surface area (Å²) in [6.07, 6.45) is 0.710. The van der Waals surface area contributed by atoms with Crippen LogP contribution in [-0.4, -0.2) is 48.2 Å². The molecule has 98 valence electrons. The summed E-state index contributed by atoms with van der Waals surface area (Å²) < 4.78 is 0. The Morgan fingerprint density at radius 1 is 1.41 bits per heavy atom. The molecule has 7 N–H and O–H groups in total. The largest absolute Gasteiger partial charge is 0.368 e. The van der Waals surface area contributed by atoms with Crippen LogP contribution in [0.25, 0.3) is 0 Å². The zero-order chi connectivity index (χ0) is 13.3. The van der Waals surface area contributed by atoms with E-state index in [1.807, 2.05) is 0 Å². The molecule has 1 unspecified atom stereocenters. The molecule has 17 heavy (non-hydrogen) atoms. The number of primary amides is 1. The molecule has 0 saturated heterocycles. The standard InChI is InChI=1S/C9H18N4O3S/c10-2-3-13-9(16)7(1-4-14)17-5-6(11)8(12)15/h4,6-7H,1-3,5,10-11H2,(H2,12,15)(H,13,16)/t6-,7?/m1/s1. The van der Waals surface area contributed by atoms with Gasteiger partial charge < -0.3 is 27.3 Å². The number of amides is 2. The van der Waals surface area contributed by atoms with Crippen LogP contribution in [0, 0.1) is 0 Å². The predicted octanol–water partition coefficient (Wildman–Crippen LogP) is -2.44. The Kier molecular flexibility index (Phi) is 8.38. The van der Waals surface area contributed by atoms with E-state index in [-0.39, 0.29) is 18.1 Å². The average molecular weight is 262 g/mol. The molecule has 0 aromatic rings. The highest BCUT2D eigenvalue weighted by Crippen LogP contribution is 2.14. The third-order valence-corrected chi connectivity index (χ3v) is 3.25. The summed E-state index contributed by atoms with van der Waals surface area (Å²) in [6.45, 7) is 0.668. The van der Waals surface area contributed by atoms with Gasteiger partial charge in [-0.15, -0.1) is 11.8 Å². The van der Waals surface area contributed by atoms with E-state index in [2.05, 4.69) is 5.32 Å². The van der Waals surface area contributed by atoms with Crippen molar-refractivity contribution in [2.75, 3.05) is 18.8 Å². The quantitative estimate of drug-likeness (QED) is 0.340. The molecule has 0 bridgehead atoms. The van der Waals surface area contributed by atoms with Gasteiger partial charge in [0.1, 0.15) is 6.29 Å². The molecule has 0 saturated carbocycles. The van der Waals surface area contributed by atoms with Crippen molar-refractivity contribution >= 4 is 29.9 Å².